The summed E-state index contributed by atoms with van der Waals surface area (Å²) in [5, 5.41) is 14.8. The third kappa shape index (κ3) is 3.04. The molecule has 122 valence electrons. The van der Waals surface area contributed by atoms with Gasteiger partial charge in [0.25, 0.3) is 11.6 Å². The average Bonchev–Trinajstić information content (AvgIpc) is 2.96. The summed E-state index contributed by atoms with van der Waals surface area (Å²) in [5.74, 6) is -0.191. The van der Waals surface area contributed by atoms with Crippen LogP contribution in [0, 0.1) is 16.0 Å². The molecule has 1 saturated heterocycles. The highest BCUT2D eigenvalue weighted by Crippen LogP contribution is 2.26. The summed E-state index contributed by atoms with van der Waals surface area (Å²) < 4.78 is 0. The van der Waals surface area contributed by atoms with Crippen LogP contribution in [0.3, 0.4) is 0 Å². The summed E-state index contributed by atoms with van der Waals surface area (Å²) in [5.41, 5.74) is 1.44. The fourth-order valence-corrected chi connectivity index (χ4v) is 3.05. The molecule has 0 saturated carbocycles. The first kappa shape index (κ1) is 15.5. The van der Waals surface area contributed by atoms with Crippen LogP contribution in [0.25, 0.3) is 0 Å². The van der Waals surface area contributed by atoms with Gasteiger partial charge in [0.2, 0.25) is 6.10 Å². The summed E-state index contributed by atoms with van der Waals surface area (Å²) in [6.07, 6.45) is 2.62. The van der Waals surface area contributed by atoms with Gasteiger partial charge in [-0.1, -0.05) is 12.1 Å². The lowest BCUT2D eigenvalue weighted by atomic mass is 9.93. The topological polar surface area (TPSA) is 85.0 Å². The van der Waals surface area contributed by atoms with Crippen molar-refractivity contribution in [1.82, 2.24) is 4.90 Å². The Morgan fingerprint density at radius 3 is 2.52 bits per heavy atom. The number of nitro groups is 1. The molecule has 1 amide bonds. The Morgan fingerprint density at radius 1 is 1.26 bits per heavy atom. The second-order valence-corrected chi connectivity index (χ2v) is 5.98. The largest absolute Gasteiger partial charge is 0.381 e. The third-order valence-electron chi connectivity index (χ3n) is 4.44. The van der Waals surface area contributed by atoms with Crippen LogP contribution in [0.4, 0.5) is 5.69 Å². The smallest absolute Gasteiger partial charge is 0.269 e. The van der Waals surface area contributed by atoms with Crippen molar-refractivity contribution in [3.63, 3.8) is 0 Å². The number of hydrogen-bond donors (Lipinski definition) is 0. The minimum Gasteiger partial charge on any atom is -0.381 e. The Morgan fingerprint density at radius 2 is 1.91 bits per heavy atom. The Bertz CT molecular complexity index is 635. The molecule has 2 heterocycles. The maximum Gasteiger partial charge on any atom is 0.269 e. The molecule has 0 bridgehead atoms. The first-order valence-electron chi connectivity index (χ1n) is 7.85. The summed E-state index contributed by atoms with van der Waals surface area (Å²) >= 11 is 0. The molecule has 0 aromatic heterocycles. The molecule has 3 rings (SSSR count). The standard InChI is InChI=1S/C16H19N3O4/c1-11-14(12-5-7-13(8-6-12)19(21)22)17-23-15(11)16(20)18-9-3-2-4-10-18/h5-8,11,15H,2-4,9-10H2,1H3. The van der Waals surface area contributed by atoms with E-state index in [1.165, 1.54) is 12.1 Å². The molecule has 7 heteroatoms. The first-order chi connectivity index (χ1) is 11.1. The fraction of sp³-hybridized carbons (Fsp3) is 0.500. The van der Waals surface area contributed by atoms with E-state index in [-0.39, 0.29) is 17.5 Å². The molecule has 2 aliphatic heterocycles. The molecule has 1 aromatic rings. The van der Waals surface area contributed by atoms with E-state index < -0.39 is 11.0 Å². The van der Waals surface area contributed by atoms with Gasteiger partial charge in [0.05, 0.1) is 16.6 Å². The second kappa shape index (κ2) is 6.36. The maximum absolute atomic E-state index is 12.6. The molecule has 0 spiro atoms. The molecule has 2 unspecified atom stereocenters. The van der Waals surface area contributed by atoms with E-state index in [9.17, 15) is 14.9 Å². The Hall–Kier alpha value is -2.44. The number of nitrogens with zero attached hydrogens (tertiary/aromatic N) is 3. The SMILES string of the molecule is CC1C(c2ccc([N+](=O)[O-])cc2)=NOC1C(=O)N1CCCCC1. The maximum atomic E-state index is 12.6. The summed E-state index contributed by atoms with van der Waals surface area (Å²) in [7, 11) is 0. The molecule has 7 nitrogen and oxygen atoms in total. The number of rotatable bonds is 3. The minimum absolute atomic E-state index is 0.0159. The van der Waals surface area contributed by atoms with Gasteiger partial charge in [-0.2, -0.15) is 0 Å². The van der Waals surface area contributed by atoms with E-state index in [4.69, 9.17) is 4.84 Å². The van der Waals surface area contributed by atoms with Gasteiger partial charge in [0, 0.05) is 30.8 Å². The highest BCUT2D eigenvalue weighted by molar-refractivity contribution is 6.05. The zero-order chi connectivity index (χ0) is 16.4. The van der Waals surface area contributed by atoms with Crippen LogP contribution in [-0.2, 0) is 9.63 Å². The van der Waals surface area contributed by atoms with Crippen molar-refractivity contribution in [3.8, 4) is 0 Å². The Labute approximate surface area is 134 Å². The van der Waals surface area contributed by atoms with E-state index in [1.54, 1.807) is 12.1 Å². The molecule has 0 aliphatic carbocycles. The van der Waals surface area contributed by atoms with Crippen molar-refractivity contribution in [3.05, 3.63) is 39.9 Å². The number of non-ortho nitro benzene ring substituents is 1. The predicted octanol–water partition coefficient (Wildman–Crippen LogP) is 2.35. The van der Waals surface area contributed by atoms with Gasteiger partial charge in [-0.05, 0) is 31.4 Å². The molecule has 2 atom stereocenters. The fourth-order valence-electron chi connectivity index (χ4n) is 3.05. The quantitative estimate of drug-likeness (QED) is 0.632. The Kier molecular flexibility index (Phi) is 4.27. The van der Waals surface area contributed by atoms with Crippen LogP contribution in [0.2, 0.25) is 0 Å². The molecule has 2 aliphatic rings. The lowest BCUT2D eigenvalue weighted by Gasteiger charge is -2.29. The van der Waals surface area contributed by atoms with E-state index >= 15 is 0 Å². The third-order valence-corrected chi connectivity index (χ3v) is 4.44. The summed E-state index contributed by atoms with van der Waals surface area (Å²) in [6.45, 7) is 3.45. The van der Waals surface area contributed by atoms with Crippen molar-refractivity contribution in [2.45, 2.75) is 32.3 Å². The highest BCUT2D eigenvalue weighted by atomic mass is 16.6. The number of likely N-dealkylation sites (tertiary alicyclic amines) is 1. The zero-order valence-electron chi connectivity index (χ0n) is 13.0. The van der Waals surface area contributed by atoms with Crippen molar-refractivity contribution in [2.75, 3.05) is 13.1 Å². The molecular weight excluding hydrogens is 298 g/mol. The minimum atomic E-state index is -0.599. The van der Waals surface area contributed by atoms with Gasteiger partial charge in [-0.3, -0.25) is 14.9 Å². The van der Waals surface area contributed by atoms with E-state index in [0.717, 1.165) is 37.9 Å². The Balaban J connectivity index is 1.71. The second-order valence-electron chi connectivity index (χ2n) is 5.98. The highest BCUT2D eigenvalue weighted by Gasteiger charge is 2.39. The number of piperidine rings is 1. The van der Waals surface area contributed by atoms with Crippen LogP contribution in [0.15, 0.2) is 29.4 Å². The van der Waals surface area contributed by atoms with Gasteiger partial charge in [-0.15, -0.1) is 0 Å². The van der Waals surface area contributed by atoms with Crippen LogP contribution in [0.5, 0.6) is 0 Å². The van der Waals surface area contributed by atoms with Gasteiger partial charge in [0.15, 0.2) is 0 Å². The molecule has 1 fully saturated rings. The number of carbonyl (C=O) groups is 1. The van der Waals surface area contributed by atoms with Crippen molar-refractivity contribution in [1.29, 1.82) is 0 Å². The van der Waals surface area contributed by atoms with E-state index in [1.807, 2.05) is 11.8 Å². The van der Waals surface area contributed by atoms with E-state index in [0.29, 0.717) is 5.71 Å². The van der Waals surface area contributed by atoms with Crippen LogP contribution in [0.1, 0.15) is 31.7 Å². The normalized spacial score (nSPS) is 24.0. The number of amides is 1. The number of nitro benzene ring substituents is 1. The van der Waals surface area contributed by atoms with Gasteiger partial charge in [-0.25, -0.2) is 0 Å². The lowest BCUT2D eigenvalue weighted by Crippen LogP contribution is -2.44. The van der Waals surface area contributed by atoms with Crippen LogP contribution < -0.4 is 0 Å². The molecule has 1 aromatic carbocycles. The van der Waals surface area contributed by atoms with E-state index in [2.05, 4.69) is 5.16 Å². The zero-order valence-corrected chi connectivity index (χ0v) is 13.0. The van der Waals surface area contributed by atoms with Crippen molar-refractivity contribution >= 4 is 17.3 Å². The number of oxime groups is 1. The summed E-state index contributed by atoms with van der Waals surface area (Å²) in [6, 6.07) is 6.16. The summed E-state index contributed by atoms with van der Waals surface area (Å²) in [4.78, 5) is 30.1. The number of hydrogen-bond acceptors (Lipinski definition) is 5. The van der Waals surface area contributed by atoms with Gasteiger partial charge < -0.3 is 9.74 Å². The average molecular weight is 317 g/mol. The number of benzene rings is 1. The number of carbonyl (C=O) groups excluding carboxylic acids is 1. The lowest BCUT2D eigenvalue weighted by molar-refractivity contribution is -0.384. The van der Waals surface area contributed by atoms with Crippen molar-refractivity contribution in [2.24, 2.45) is 11.1 Å². The molecule has 0 radical (unpaired) electrons. The molecule has 23 heavy (non-hydrogen) atoms. The molecule has 0 N–H and O–H groups in total. The first-order valence-corrected chi connectivity index (χ1v) is 7.85. The van der Waals surface area contributed by atoms with Crippen molar-refractivity contribution < 1.29 is 14.6 Å². The van der Waals surface area contributed by atoms with Gasteiger partial charge >= 0.3 is 0 Å². The van der Waals surface area contributed by atoms with Crippen LogP contribution >= 0.6 is 0 Å². The molecular formula is C16H19N3O4. The predicted molar refractivity (Wildman–Crippen MR) is 84.1 cm³/mol. The monoisotopic (exact) mass is 317 g/mol. The van der Waals surface area contributed by atoms with Gasteiger partial charge in [0.1, 0.15) is 0 Å². The van der Waals surface area contributed by atoms with Crippen LogP contribution in [-0.4, -0.2) is 40.6 Å².